The van der Waals surface area contributed by atoms with Crippen molar-refractivity contribution in [1.29, 1.82) is 0 Å². The van der Waals surface area contributed by atoms with Crippen LogP contribution in [0.15, 0.2) is 24.3 Å². The van der Waals surface area contributed by atoms with Gasteiger partial charge in [-0.25, -0.2) is 0 Å². The lowest BCUT2D eigenvalue weighted by atomic mass is 10.1. The van der Waals surface area contributed by atoms with Gasteiger partial charge in [-0.1, -0.05) is 12.1 Å². The van der Waals surface area contributed by atoms with E-state index in [1.54, 1.807) is 0 Å². The molecular formula is C14H22N2O. The standard InChI is InChI=1S/C14H22N2O/c1-11(15)12-3-5-13(6-4-12)17-14-7-9-16(2)10-8-14/h3-6,11,14H,7-10,15H2,1-2H3/t11-/m1/s1. The van der Waals surface area contributed by atoms with E-state index in [2.05, 4.69) is 24.1 Å². The number of benzene rings is 1. The van der Waals surface area contributed by atoms with E-state index in [9.17, 15) is 0 Å². The van der Waals surface area contributed by atoms with E-state index >= 15 is 0 Å². The molecule has 1 heterocycles. The predicted molar refractivity (Wildman–Crippen MR) is 70.2 cm³/mol. The fourth-order valence-electron chi connectivity index (χ4n) is 2.15. The molecule has 1 atom stereocenters. The lowest BCUT2D eigenvalue weighted by Crippen LogP contribution is -2.35. The number of hydrogen-bond acceptors (Lipinski definition) is 3. The van der Waals surface area contributed by atoms with Crippen molar-refractivity contribution in [1.82, 2.24) is 4.90 Å². The molecule has 2 N–H and O–H groups in total. The summed E-state index contributed by atoms with van der Waals surface area (Å²) in [6, 6.07) is 8.24. The summed E-state index contributed by atoms with van der Waals surface area (Å²) in [6.45, 7) is 4.25. The van der Waals surface area contributed by atoms with Crippen LogP contribution < -0.4 is 10.5 Å². The SMILES string of the molecule is C[C@@H](N)c1ccc(OC2CCN(C)CC2)cc1. The van der Waals surface area contributed by atoms with E-state index in [1.165, 1.54) is 0 Å². The molecule has 0 saturated carbocycles. The van der Waals surface area contributed by atoms with Gasteiger partial charge in [-0.05, 0) is 44.5 Å². The maximum atomic E-state index is 5.97. The van der Waals surface area contributed by atoms with Gasteiger partial charge >= 0.3 is 0 Å². The van der Waals surface area contributed by atoms with Crippen molar-refractivity contribution in [2.24, 2.45) is 5.73 Å². The summed E-state index contributed by atoms with van der Waals surface area (Å²) in [5, 5.41) is 0. The summed E-state index contributed by atoms with van der Waals surface area (Å²) >= 11 is 0. The van der Waals surface area contributed by atoms with Crippen LogP contribution >= 0.6 is 0 Å². The second-order valence-electron chi connectivity index (χ2n) is 4.98. The minimum atomic E-state index is 0.0902. The Labute approximate surface area is 104 Å². The summed E-state index contributed by atoms with van der Waals surface area (Å²) in [5.74, 6) is 0.962. The summed E-state index contributed by atoms with van der Waals surface area (Å²) in [5.41, 5.74) is 6.97. The zero-order valence-corrected chi connectivity index (χ0v) is 10.7. The summed E-state index contributed by atoms with van der Waals surface area (Å²) < 4.78 is 5.97. The molecule has 1 aromatic rings. The molecule has 17 heavy (non-hydrogen) atoms. The van der Waals surface area contributed by atoms with Crippen LogP contribution in [0.3, 0.4) is 0 Å². The number of likely N-dealkylation sites (tertiary alicyclic amines) is 1. The summed E-state index contributed by atoms with van der Waals surface area (Å²) in [7, 11) is 2.16. The first-order chi connectivity index (χ1) is 8.15. The van der Waals surface area contributed by atoms with Crippen LogP contribution in [0.2, 0.25) is 0 Å². The van der Waals surface area contributed by atoms with Crippen LogP contribution in [-0.4, -0.2) is 31.1 Å². The number of nitrogens with zero attached hydrogens (tertiary/aromatic N) is 1. The van der Waals surface area contributed by atoms with Crippen LogP contribution in [0.25, 0.3) is 0 Å². The molecule has 1 fully saturated rings. The van der Waals surface area contributed by atoms with Gasteiger partial charge < -0.3 is 15.4 Å². The molecule has 0 aliphatic carbocycles. The Morgan fingerprint density at radius 1 is 1.24 bits per heavy atom. The molecule has 1 aromatic carbocycles. The van der Waals surface area contributed by atoms with Crippen molar-refractivity contribution in [2.75, 3.05) is 20.1 Å². The molecule has 0 unspecified atom stereocenters. The highest BCUT2D eigenvalue weighted by Crippen LogP contribution is 2.20. The molecule has 1 aliphatic rings. The number of ether oxygens (including phenoxy) is 1. The van der Waals surface area contributed by atoms with Crippen LogP contribution in [0.5, 0.6) is 5.75 Å². The van der Waals surface area contributed by atoms with E-state index in [-0.39, 0.29) is 6.04 Å². The Balaban J connectivity index is 1.90. The average Bonchev–Trinajstić information content (AvgIpc) is 2.33. The molecule has 1 saturated heterocycles. The van der Waals surface area contributed by atoms with Crippen LogP contribution in [0.4, 0.5) is 0 Å². The van der Waals surface area contributed by atoms with Gasteiger partial charge in [0.15, 0.2) is 0 Å². The number of hydrogen-bond donors (Lipinski definition) is 1. The smallest absolute Gasteiger partial charge is 0.119 e. The van der Waals surface area contributed by atoms with Crippen LogP contribution in [-0.2, 0) is 0 Å². The van der Waals surface area contributed by atoms with Gasteiger partial charge in [0, 0.05) is 19.1 Å². The zero-order chi connectivity index (χ0) is 12.3. The van der Waals surface area contributed by atoms with Crippen molar-refractivity contribution < 1.29 is 4.74 Å². The first kappa shape index (κ1) is 12.4. The second-order valence-corrected chi connectivity index (χ2v) is 4.98. The third-order valence-electron chi connectivity index (χ3n) is 3.37. The molecule has 3 nitrogen and oxygen atoms in total. The maximum absolute atomic E-state index is 5.97. The summed E-state index contributed by atoms with van der Waals surface area (Å²) in [4.78, 5) is 2.35. The van der Waals surface area contributed by atoms with Gasteiger partial charge in [0.2, 0.25) is 0 Å². The van der Waals surface area contributed by atoms with Gasteiger partial charge in [-0.2, -0.15) is 0 Å². The molecule has 0 radical (unpaired) electrons. The Morgan fingerprint density at radius 2 is 1.82 bits per heavy atom. The molecule has 0 bridgehead atoms. The Bertz CT molecular complexity index is 340. The lowest BCUT2D eigenvalue weighted by Gasteiger charge is -2.29. The second kappa shape index (κ2) is 5.52. The molecular weight excluding hydrogens is 212 g/mol. The number of piperidine rings is 1. The molecule has 0 amide bonds. The van der Waals surface area contributed by atoms with E-state index in [0.29, 0.717) is 6.10 Å². The Hall–Kier alpha value is -1.06. The van der Waals surface area contributed by atoms with Crippen LogP contribution in [0, 0.1) is 0 Å². The van der Waals surface area contributed by atoms with Crippen LogP contribution in [0.1, 0.15) is 31.4 Å². The molecule has 94 valence electrons. The minimum Gasteiger partial charge on any atom is -0.490 e. The Kier molecular flexibility index (Phi) is 4.02. The average molecular weight is 234 g/mol. The minimum absolute atomic E-state index is 0.0902. The fraction of sp³-hybridized carbons (Fsp3) is 0.571. The monoisotopic (exact) mass is 234 g/mol. The topological polar surface area (TPSA) is 38.5 Å². The first-order valence-corrected chi connectivity index (χ1v) is 6.36. The predicted octanol–water partition coefficient (Wildman–Crippen LogP) is 2.18. The van der Waals surface area contributed by atoms with E-state index in [4.69, 9.17) is 10.5 Å². The maximum Gasteiger partial charge on any atom is 0.119 e. The quantitative estimate of drug-likeness (QED) is 0.871. The van der Waals surface area contributed by atoms with Gasteiger partial charge in [-0.15, -0.1) is 0 Å². The zero-order valence-electron chi connectivity index (χ0n) is 10.7. The number of nitrogens with two attached hydrogens (primary N) is 1. The molecule has 3 heteroatoms. The van der Waals surface area contributed by atoms with E-state index < -0.39 is 0 Å². The number of rotatable bonds is 3. The van der Waals surface area contributed by atoms with E-state index in [0.717, 1.165) is 37.2 Å². The van der Waals surface area contributed by atoms with Gasteiger partial charge in [0.25, 0.3) is 0 Å². The molecule has 0 spiro atoms. The van der Waals surface area contributed by atoms with Crippen molar-refractivity contribution in [3.63, 3.8) is 0 Å². The molecule has 0 aromatic heterocycles. The molecule has 2 rings (SSSR count). The van der Waals surface area contributed by atoms with Crippen molar-refractivity contribution >= 4 is 0 Å². The van der Waals surface area contributed by atoms with Crippen molar-refractivity contribution in [3.05, 3.63) is 29.8 Å². The first-order valence-electron chi connectivity index (χ1n) is 6.36. The van der Waals surface area contributed by atoms with E-state index in [1.807, 2.05) is 19.1 Å². The highest BCUT2D eigenvalue weighted by Gasteiger charge is 2.17. The Morgan fingerprint density at radius 3 is 2.35 bits per heavy atom. The summed E-state index contributed by atoms with van der Waals surface area (Å²) in [6.07, 6.45) is 2.60. The van der Waals surface area contributed by atoms with Crippen molar-refractivity contribution in [3.8, 4) is 5.75 Å². The highest BCUT2D eigenvalue weighted by atomic mass is 16.5. The third kappa shape index (κ3) is 3.45. The largest absolute Gasteiger partial charge is 0.490 e. The third-order valence-corrected chi connectivity index (χ3v) is 3.37. The fourth-order valence-corrected chi connectivity index (χ4v) is 2.15. The highest BCUT2D eigenvalue weighted by molar-refractivity contribution is 5.28. The molecule has 1 aliphatic heterocycles. The lowest BCUT2D eigenvalue weighted by molar-refractivity contribution is 0.114. The normalized spacial score (nSPS) is 20.2. The van der Waals surface area contributed by atoms with Crippen molar-refractivity contribution in [2.45, 2.75) is 31.9 Å². The van der Waals surface area contributed by atoms with Gasteiger partial charge in [-0.3, -0.25) is 0 Å². The van der Waals surface area contributed by atoms with Gasteiger partial charge in [0.1, 0.15) is 11.9 Å². The van der Waals surface area contributed by atoms with Gasteiger partial charge in [0.05, 0.1) is 0 Å².